The second-order valence-electron chi connectivity index (χ2n) is 6.16. The second kappa shape index (κ2) is 6.31. The molecule has 3 aromatic rings. The Morgan fingerprint density at radius 3 is 2.81 bits per heavy atom. The molecule has 4 rings (SSSR count). The summed E-state index contributed by atoms with van der Waals surface area (Å²) < 4.78 is 12.8. The molecule has 0 bridgehead atoms. The lowest BCUT2D eigenvalue weighted by atomic mass is 10.2. The van der Waals surface area contributed by atoms with E-state index in [1.54, 1.807) is 25.2 Å². The summed E-state index contributed by atoms with van der Waals surface area (Å²) in [6, 6.07) is 4.97. The van der Waals surface area contributed by atoms with Crippen LogP contribution in [0.4, 0.5) is 0 Å². The van der Waals surface area contributed by atoms with Crippen molar-refractivity contribution in [1.29, 1.82) is 0 Å². The number of hydrogen-bond acceptors (Lipinski definition) is 6. The van der Waals surface area contributed by atoms with Crippen molar-refractivity contribution < 1.29 is 14.3 Å². The van der Waals surface area contributed by atoms with Gasteiger partial charge in [0, 0.05) is 32.6 Å². The number of rotatable bonds is 4. The van der Waals surface area contributed by atoms with Crippen LogP contribution >= 0.6 is 0 Å². The van der Waals surface area contributed by atoms with E-state index in [0.29, 0.717) is 41.5 Å². The summed E-state index contributed by atoms with van der Waals surface area (Å²) >= 11 is 0. The summed E-state index contributed by atoms with van der Waals surface area (Å²) in [5, 5.41) is 2.79. The molecule has 0 unspecified atom stereocenters. The first-order chi connectivity index (χ1) is 13.0. The molecule has 0 fully saturated rings. The Morgan fingerprint density at radius 1 is 1.22 bits per heavy atom. The number of amides is 1. The first-order valence-electron chi connectivity index (χ1n) is 8.28. The normalized spacial score (nSPS) is 12.5. The first kappa shape index (κ1) is 16.9. The predicted molar refractivity (Wildman–Crippen MR) is 95.2 cm³/mol. The summed E-state index contributed by atoms with van der Waals surface area (Å²) in [6.45, 7) is 0.454. The number of benzene rings is 1. The van der Waals surface area contributed by atoms with Crippen LogP contribution in [0.15, 0.2) is 27.8 Å². The maximum Gasteiger partial charge on any atom is 0.332 e. The topological polar surface area (TPSA) is 120 Å². The molecule has 1 aliphatic rings. The number of aryl methyl sites for hydroxylation is 1. The number of H-pyrrole nitrogens is 1. The largest absolute Gasteiger partial charge is 0.454 e. The average Bonchev–Trinajstić information content (AvgIpc) is 3.31. The molecule has 1 aromatic carbocycles. The van der Waals surface area contributed by atoms with Gasteiger partial charge in [0.2, 0.25) is 6.79 Å². The van der Waals surface area contributed by atoms with Crippen LogP contribution in [0.5, 0.6) is 11.5 Å². The number of nitrogens with one attached hydrogen (secondary N) is 2. The number of imidazole rings is 1. The molecule has 3 heterocycles. The van der Waals surface area contributed by atoms with Crippen LogP contribution in [0.25, 0.3) is 11.2 Å². The van der Waals surface area contributed by atoms with Gasteiger partial charge in [-0.25, -0.2) is 9.78 Å². The quantitative estimate of drug-likeness (QED) is 0.647. The molecule has 0 radical (unpaired) electrons. The molecule has 0 saturated carbocycles. The molecule has 0 spiro atoms. The van der Waals surface area contributed by atoms with Crippen molar-refractivity contribution >= 4 is 17.1 Å². The number of nitrogens with zero attached hydrogens (tertiary/aromatic N) is 3. The van der Waals surface area contributed by atoms with Gasteiger partial charge in [-0.2, -0.15) is 0 Å². The summed E-state index contributed by atoms with van der Waals surface area (Å²) in [4.78, 5) is 43.6. The van der Waals surface area contributed by atoms with E-state index in [0.717, 1.165) is 4.57 Å². The Morgan fingerprint density at radius 2 is 2.00 bits per heavy atom. The molecule has 0 aliphatic carbocycles. The zero-order chi connectivity index (χ0) is 19.1. The maximum absolute atomic E-state index is 12.3. The van der Waals surface area contributed by atoms with Gasteiger partial charge in [0.15, 0.2) is 17.1 Å². The van der Waals surface area contributed by atoms with Crippen LogP contribution in [0, 0.1) is 0 Å². The first-order valence-corrected chi connectivity index (χ1v) is 8.28. The van der Waals surface area contributed by atoms with E-state index in [2.05, 4.69) is 15.3 Å². The van der Waals surface area contributed by atoms with E-state index in [1.807, 2.05) is 0 Å². The zero-order valence-corrected chi connectivity index (χ0v) is 14.7. The van der Waals surface area contributed by atoms with Crippen molar-refractivity contribution in [2.45, 2.75) is 6.42 Å². The van der Waals surface area contributed by atoms with Crippen LogP contribution in [-0.2, 0) is 20.5 Å². The van der Waals surface area contributed by atoms with Gasteiger partial charge in [0.25, 0.3) is 11.5 Å². The van der Waals surface area contributed by atoms with Gasteiger partial charge >= 0.3 is 5.69 Å². The van der Waals surface area contributed by atoms with Gasteiger partial charge in [-0.3, -0.25) is 18.7 Å². The third-order valence-electron chi connectivity index (χ3n) is 4.43. The fourth-order valence-electron chi connectivity index (χ4n) is 2.93. The van der Waals surface area contributed by atoms with Gasteiger partial charge in [-0.15, -0.1) is 0 Å². The maximum atomic E-state index is 12.3. The highest BCUT2D eigenvalue weighted by Gasteiger charge is 2.17. The fraction of sp³-hybridized carbons (Fsp3) is 0.294. The van der Waals surface area contributed by atoms with E-state index in [4.69, 9.17) is 9.47 Å². The van der Waals surface area contributed by atoms with Crippen molar-refractivity contribution in [2.75, 3.05) is 13.3 Å². The van der Waals surface area contributed by atoms with Gasteiger partial charge in [-0.05, 0) is 18.2 Å². The highest BCUT2D eigenvalue weighted by atomic mass is 16.7. The zero-order valence-electron chi connectivity index (χ0n) is 14.7. The molecule has 0 atom stereocenters. The third kappa shape index (κ3) is 2.84. The Balaban J connectivity index is 1.47. The smallest absolute Gasteiger partial charge is 0.332 e. The van der Waals surface area contributed by atoms with E-state index < -0.39 is 11.2 Å². The lowest BCUT2D eigenvalue weighted by Crippen LogP contribution is -2.36. The molecule has 0 saturated heterocycles. The van der Waals surface area contributed by atoms with Crippen LogP contribution in [0.1, 0.15) is 16.2 Å². The minimum Gasteiger partial charge on any atom is -0.454 e. The van der Waals surface area contributed by atoms with Crippen molar-refractivity contribution in [3.8, 4) is 11.5 Å². The minimum absolute atomic E-state index is 0.147. The number of fused-ring (bicyclic) bond motifs is 2. The predicted octanol–water partition coefficient (Wildman–Crippen LogP) is -0.339. The van der Waals surface area contributed by atoms with Crippen LogP contribution in [0.2, 0.25) is 0 Å². The van der Waals surface area contributed by atoms with Crippen molar-refractivity contribution in [3.05, 3.63) is 50.4 Å². The fourth-order valence-corrected chi connectivity index (χ4v) is 2.93. The van der Waals surface area contributed by atoms with E-state index in [9.17, 15) is 14.4 Å². The lowest BCUT2D eigenvalue weighted by Gasteiger charge is -2.05. The van der Waals surface area contributed by atoms with Gasteiger partial charge in [0.1, 0.15) is 11.3 Å². The van der Waals surface area contributed by atoms with E-state index in [1.165, 1.54) is 11.6 Å². The molecule has 10 heteroatoms. The molecule has 1 aliphatic heterocycles. The molecule has 10 nitrogen and oxygen atoms in total. The number of aromatic nitrogens is 4. The number of hydrogen-bond donors (Lipinski definition) is 2. The molecule has 140 valence electrons. The number of aromatic amines is 1. The lowest BCUT2D eigenvalue weighted by molar-refractivity contribution is 0.0953. The monoisotopic (exact) mass is 371 g/mol. The summed E-state index contributed by atoms with van der Waals surface area (Å²) in [6.07, 6.45) is 0.377. The van der Waals surface area contributed by atoms with Crippen LogP contribution in [-0.4, -0.2) is 38.3 Å². The highest BCUT2D eigenvalue weighted by molar-refractivity contribution is 5.94. The summed E-state index contributed by atoms with van der Waals surface area (Å²) in [5.41, 5.74) is 0.134. The molecule has 27 heavy (non-hydrogen) atoms. The Hall–Kier alpha value is -3.56. The number of carbonyl (C=O) groups is 1. The molecular formula is C17H17N5O5. The van der Waals surface area contributed by atoms with Crippen molar-refractivity contribution in [3.63, 3.8) is 0 Å². The standard InChI is InChI=1S/C17H17N5O5/c1-21-14-13(16(24)22(2)17(21)25)19-12(20-14)5-6-18-15(23)9-3-4-10-11(7-9)27-8-26-10/h3-4,7H,5-6,8H2,1-2H3,(H,18,23)(H,19,20). The van der Waals surface area contributed by atoms with Crippen molar-refractivity contribution in [2.24, 2.45) is 14.1 Å². The molecule has 1 amide bonds. The Bertz CT molecular complexity index is 1170. The molecule has 2 aromatic heterocycles. The Kier molecular flexibility index (Phi) is 3.94. The van der Waals surface area contributed by atoms with Gasteiger partial charge in [0.05, 0.1) is 0 Å². The minimum atomic E-state index is -0.443. The number of carbonyl (C=O) groups excluding carboxylic acids is 1. The number of ether oxygens (including phenoxy) is 2. The SMILES string of the molecule is Cn1c(=O)c2[nH]c(CCNC(=O)c3ccc4c(c3)OCO4)nc2n(C)c1=O. The molecular weight excluding hydrogens is 354 g/mol. The van der Waals surface area contributed by atoms with Crippen LogP contribution in [0.3, 0.4) is 0 Å². The Labute approximate surface area is 152 Å². The van der Waals surface area contributed by atoms with Gasteiger partial charge in [-0.1, -0.05) is 0 Å². The summed E-state index contributed by atoms with van der Waals surface area (Å²) in [7, 11) is 2.96. The van der Waals surface area contributed by atoms with E-state index >= 15 is 0 Å². The highest BCUT2D eigenvalue weighted by Crippen LogP contribution is 2.32. The molecule has 2 N–H and O–H groups in total. The summed E-state index contributed by atoms with van der Waals surface area (Å²) in [5.74, 6) is 1.40. The third-order valence-corrected chi connectivity index (χ3v) is 4.43. The van der Waals surface area contributed by atoms with Crippen molar-refractivity contribution in [1.82, 2.24) is 24.4 Å². The van der Waals surface area contributed by atoms with Gasteiger partial charge < -0.3 is 19.8 Å². The second-order valence-corrected chi connectivity index (χ2v) is 6.16. The average molecular weight is 371 g/mol. The van der Waals surface area contributed by atoms with E-state index in [-0.39, 0.29) is 18.2 Å². The van der Waals surface area contributed by atoms with Crippen LogP contribution < -0.4 is 26.0 Å².